The quantitative estimate of drug-likeness (QED) is 0.943. The van der Waals surface area contributed by atoms with E-state index in [1.807, 2.05) is 37.3 Å². The number of aromatic nitrogens is 1. The molecule has 3 rings (SSSR count). The normalized spacial score (nSPS) is 14.4. The van der Waals surface area contributed by atoms with Crippen LogP contribution in [0.5, 0.6) is 0 Å². The topological polar surface area (TPSA) is 62.3 Å². The van der Waals surface area contributed by atoms with Crippen LogP contribution in [-0.2, 0) is 11.2 Å². The molecule has 114 valence electrons. The molecule has 0 saturated carbocycles. The molecule has 0 unspecified atom stereocenters. The van der Waals surface area contributed by atoms with Crippen LogP contribution < -0.4 is 10.2 Å². The number of hydrogen-bond donors (Lipinski definition) is 1. The summed E-state index contributed by atoms with van der Waals surface area (Å²) in [5.74, 6) is -0.0788. The standard InChI is InChI=1S/C16H17N3O2S/c1-2-12-14(15(21)17-11-7-4-3-5-8-11)22-16(18-12)19-10-6-9-13(19)20/h3-5,7-8H,2,6,9-10H2,1H3,(H,17,21). The Bertz CT molecular complexity index is 697. The molecule has 2 heterocycles. The van der Waals surface area contributed by atoms with E-state index in [2.05, 4.69) is 10.3 Å². The molecular formula is C16H17N3O2S. The molecule has 0 atom stereocenters. The average molecular weight is 315 g/mol. The minimum atomic E-state index is -0.168. The molecule has 0 aliphatic carbocycles. The Morgan fingerprint density at radius 2 is 2.14 bits per heavy atom. The highest BCUT2D eigenvalue weighted by Crippen LogP contribution is 2.30. The minimum Gasteiger partial charge on any atom is -0.321 e. The van der Waals surface area contributed by atoms with Gasteiger partial charge in [-0.05, 0) is 25.0 Å². The fourth-order valence-electron chi connectivity index (χ4n) is 2.43. The first kappa shape index (κ1) is 14.7. The minimum absolute atomic E-state index is 0.0893. The van der Waals surface area contributed by atoms with Crippen LogP contribution in [0, 0.1) is 0 Å². The summed E-state index contributed by atoms with van der Waals surface area (Å²) in [6, 6.07) is 9.33. The van der Waals surface area contributed by atoms with Crippen LogP contribution in [0.3, 0.4) is 0 Å². The van der Waals surface area contributed by atoms with Crippen LogP contribution in [-0.4, -0.2) is 23.3 Å². The van der Waals surface area contributed by atoms with Crippen LogP contribution in [0.25, 0.3) is 0 Å². The van der Waals surface area contributed by atoms with E-state index in [1.54, 1.807) is 4.90 Å². The van der Waals surface area contributed by atoms with E-state index < -0.39 is 0 Å². The van der Waals surface area contributed by atoms with Crippen LogP contribution in [0.4, 0.5) is 10.8 Å². The van der Waals surface area contributed by atoms with Crippen LogP contribution in [0.1, 0.15) is 35.1 Å². The number of carbonyl (C=O) groups is 2. The second kappa shape index (κ2) is 6.27. The lowest BCUT2D eigenvalue weighted by Gasteiger charge is -2.10. The third-order valence-electron chi connectivity index (χ3n) is 3.56. The first-order valence-corrected chi connectivity index (χ1v) is 8.17. The third-order valence-corrected chi connectivity index (χ3v) is 4.68. The second-order valence-corrected chi connectivity index (χ2v) is 6.07. The van der Waals surface area contributed by atoms with Gasteiger partial charge in [0.2, 0.25) is 5.91 Å². The maximum absolute atomic E-state index is 12.5. The van der Waals surface area contributed by atoms with E-state index in [0.29, 0.717) is 29.4 Å². The molecule has 1 aromatic heterocycles. The molecule has 22 heavy (non-hydrogen) atoms. The van der Waals surface area contributed by atoms with Crippen molar-refractivity contribution in [1.29, 1.82) is 0 Å². The zero-order chi connectivity index (χ0) is 15.5. The predicted octanol–water partition coefficient (Wildman–Crippen LogP) is 3.08. The summed E-state index contributed by atoms with van der Waals surface area (Å²) in [5, 5.41) is 3.51. The molecule has 1 saturated heterocycles. The monoisotopic (exact) mass is 315 g/mol. The van der Waals surface area contributed by atoms with Crippen molar-refractivity contribution in [2.45, 2.75) is 26.2 Å². The lowest BCUT2D eigenvalue weighted by atomic mass is 10.2. The Hall–Kier alpha value is -2.21. The highest BCUT2D eigenvalue weighted by molar-refractivity contribution is 7.18. The molecule has 1 aliphatic rings. The fourth-order valence-corrected chi connectivity index (χ4v) is 3.52. The SMILES string of the molecule is CCc1nc(N2CCCC2=O)sc1C(=O)Nc1ccccc1. The molecule has 0 radical (unpaired) electrons. The van der Waals surface area contributed by atoms with Crippen LogP contribution in [0.15, 0.2) is 30.3 Å². The van der Waals surface area contributed by atoms with Gasteiger partial charge in [-0.2, -0.15) is 0 Å². The molecule has 5 nitrogen and oxygen atoms in total. The van der Waals surface area contributed by atoms with Crippen molar-refractivity contribution in [3.05, 3.63) is 40.9 Å². The maximum atomic E-state index is 12.5. The number of benzene rings is 1. The van der Waals surface area contributed by atoms with Crippen molar-refractivity contribution in [1.82, 2.24) is 4.98 Å². The molecular weight excluding hydrogens is 298 g/mol. The first-order valence-electron chi connectivity index (χ1n) is 7.35. The Morgan fingerprint density at radius 1 is 1.36 bits per heavy atom. The van der Waals surface area contributed by atoms with Gasteiger partial charge in [-0.1, -0.05) is 36.5 Å². The molecule has 0 spiro atoms. The van der Waals surface area contributed by atoms with Crippen LogP contribution >= 0.6 is 11.3 Å². The Balaban J connectivity index is 1.85. The summed E-state index contributed by atoms with van der Waals surface area (Å²) in [6.07, 6.45) is 2.08. The van der Waals surface area contributed by atoms with Gasteiger partial charge in [0.1, 0.15) is 4.88 Å². The molecule has 1 fully saturated rings. The average Bonchev–Trinajstić information content (AvgIpc) is 3.13. The number of aryl methyl sites for hydroxylation is 1. The van der Waals surface area contributed by atoms with Crippen molar-refractivity contribution < 1.29 is 9.59 Å². The predicted molar refractivity (Wildman–Crippen MR) is 87.5 cm³/mol. The van der Waals surface area contributed by atoms with Gasteiger partial charge in [0.05, 0.1) is 5.69 Å². The number of thiazole rings is 1. The van der Waals surface area contributed by atoms with E-state index in [-0.39, 0.29) is 11.8 Å². The third kappa shape index (κ3) is 2.87. The molecule has 2 amide bonds. The van der Waals surface area contributed by atoms with Gasteiger partial charge in [-0.3, -0.25) is 14.5 Å². The van der Waals surface area contributed by atoms with Gasteiger partial charge in [0.15, 0.2) is 5.13 Å². The highest BCUT2D eigenvalue weighted by Gasteiger charge is 2.27. The number of hydrogen-bond acceptors (Lipinski definition) is 4. The lowest BCUT2D eigenvalue weighted by Crippen LogP contribution is -2.23. The second-order valence-electron chi connectivity index (χ2n) is 5.09. The molecule has 6 heteroatoms. The zero-order valence-electron chi connectivity index (χ0n) is 12.3. The van der Waals surface area contributed by atoms with Gasteiger partial charge in [-0.25, -0.2) is 4.98 Å². The van der Waals surface area contributed by atoms with E-state index in [9.17, 15) is 9.59 Å². The van der Waals surface area contributed by atoms with E-state index >= 15 is 0 Å². The fraction of sp³-hybridized carbons (Fsp3) is 0.312. The Morgan fingerprint density at radius 3 is 2.77 bits per heavy atom. The zero-order valence-corrected chi connectivity index (χ0v) is 13.2. The Kier molecular flexibility index (Phi) is 4.20. The molecule has 1 aliphatic heterocycles. The summed E-state index contributed by atoms with van der Waals surface area (Å²) in [7, 11) is 0. The van der Waals surface area contributed by atoms with Crippen LogP contribution in [0.2, 0.25) is 0 Å². The highest BCUT2D eigenvalue weighted by atomic mass is 32.1. The van der Waals surface area contributed by atoms with Gasteiger partial charge in [0.25, 0.3) is 5.91 Å². The number of nitrogens with one attached hydrogen (secondary N) is 1. The van der Waals surface area contributed by atoms with Crippen molar-refractivity contribution in [3.8, 4) is 0 Å². The summed E-state index contributed by atoms with van der Waals surface area (Å²) in [4.78, 5) is 31.1. The smallest absolute Gasteiger partial charge is 0.267 e. The lowest BCUT2D eigenvalue weighted by molar-refractivity contribution is -0.117. The number of rotatable bonds is 4. The number of nitrogens with zero attached hydrogens (tertiary/aromatic N) is 2. The summed E-state index contributed by atoms with van der Waals surface area (Å²) < 4.78 is 0. The van der Waals surface area contributed by atoms with Gasteiger partial charge in [-0.15, -0.1) is 0 Å². The maximum Gasteiger partial charge on any atom is 0.267 e. The summed E-state index contributed by atoms with van der Waals surface area (Å²) in [6.45, 7) is 2.65. The molecule has 1 aromatic carbocycles. The number of carbonyl (C=O) groups excluding carboxylic acids is 2. The number of anilines is 2. The largest absolute Gasteiger partial charge is 0.321 e. The Labute approximate surface area is 133 Å². The molecule has 0 bridgehead atoms. The van der Waals surface area contributed by atoms with Crippen molar-refractivity contribution in [2.75, 3.05) is 16.8 Å². The number of amides is 2. The van der Waals surface area contributed by atoms with E-state index in [0.717, 1.165) is 17.8 Å². The number of para-hydroxylation sites is 1. The first-order chi connectivity index (χ1) is 10.7. The van der Waals surface area contributed by atoms with Gasteiger partial charge < -0.3 is 5.32 Å². The van der Waals surface area contributed by atoms with E-state index in [4.69, 9.17) is 0 Å². The van der Waals surface area contributed by atoms with Gasteiger partial charge in [0, 0.05) is 18.7 Å². The van der Waals surface area contributed by atoms with Gasteiger partial charge >= 0.3 is 0 Å². The van der Waals surface area contributed by atoms with Crippen molar-refractivity contribution >= 4 is 34.0 Å². The van der Waals surface area contributed by atoms with Crippen molar-refractivity contribution in [3.63, 3.8) is 0 Å². The van der Waals surface area contributed by atoms with E-state index in [1.165, 1.54) is 11.3 Å². The molecule has 1 N–H and O–H groups in total. The summed E-state index contributed by atoms with van der Waals surface area (Å²) >= 11 is 1.29. The summed E-state index contributed by atoms with van der Waals surface area (Å²) in [5.41, 5.74) is 1.50. The van der Waals surface area contributed by atoms with Crippen molar-refractivity contribution in [2.24, 2.45) is 0 Å². The molecule has 2 aromatic rings.